The number of benzene rings is 1. The zero-order valence-electron chi connectivity index (χ0n) is 11.1. The summed E-state index contributed by atoms with van der Waals surface area (Å²) in [7, 11) is 2.08. The Morgan fingerprint density at radius 2 is 2.22 bits per heavy atom. The van der Waals surface area contributed by atoms with Crippen molar-refractivity contribution in [2.45, 2.75) is 32.3 Å². The third-order valence-electron chi connectivity index (χ3n) is 3.48. The number of likely N-dealkylation sites (N-methyl/N-ethyl adjacent to an activating group) is 1. The fraction of sp³-hybridized carbons (Fsp3) is 0.571. The van der Waals surface area contributed by atoms with E-state index < -0.39 is 0 Å². The molecular weight excluding hydrogens is 248 g/mol. The van der Waals surface area contributed by atoms with Gasteiger partial charge in [-0.2, -0.15) is 0 Å². The molecule has 1 atom stereocenters. The van der Waals surface area contributed by atoms with Crippen molar-refractivity contribution in [3.63, 3.8) is 0 Å². The molecule has 2 N–H and O–H groups in total. The molecule has 1 aliphatic rings. The van der Waals surface area contributed by atoms with Gasteiger partial charge in [-0.15, -0.1) is 0 Å². The van der Waals surface area contributed by atoms with Crippen molar-refractivity contribution in [1.82, 2.24) is 0 Å². The molecule has 1 aromatic rings. The van der Waals surface area contributed by atoms with E-state index in [9.17, 15) is 0 Å². The quantitative estimate of drug-likeness (QED) is 0.856. The molecule has 18 heavy (non-hydrogen) atoms. The topological polar surface area (TPSA) is 38.5 Å². The van der Waals surface area contributed by atoms with Crippen LogP contribution in [-0.4, -0.2) is 26.3 Å². The van der Waals surface area contributed by atoms with E-state index in [0.717, 1.165) is 30.8 Å². The van der Waals surface area contributed by atoms with Crippen LogP contribution in [0.2, 0.25) is 5.02 Å². The van der Waals surface area contributed by atoms with Gasteiger partial charge in [0, 0.05) is 25.9 Å². The van der Waals surface area contributed by atoms with E-state index >= 15 is 0 Å². The van der Waals surface area contributed by atoms with E-state index in [1.165, 1.54) is 12.8 Å². The number of anilines is 2. The highest BCUT2D eigenvalue weighted by atomic mass is 35.5. The smallest absolute Gasteiger partial charge is 0.0749 e. The summed E-state index contributed by atoms with van der Waals surface area (Å²) in [6, 6.07) is 3.87. The Morgan fingerprint density at radius 1 is 1.44 bits per heavy atom. The molecule has 1 saturated heterocycles. The van der Waals surface area contributed by atoms with E-state index in [2.05, 4.69) is 18.9 Å². The fourth-order valence-corrected chi connectivity index (χ4v) is 2.62. The van der Waals surface area contributed by atoms with Gasteiger partial charge in [0.05, 0.1) is 16.8 Å². The average molecular weight is 269 g/mol. The standard InChI is InChI=1S/C14H21ClN2O/c1-10-7-13(16)12(15)8-14(10)17(2)9-11-5-3-4-6-18-11/h7-8,11H,3-6,9,16H2,1-2H3. The molecule has 2 rings (SSSR count). The van der Waals surface area contributed by atoms with Gasteiger partial charge in [-0.3, -0.25) is 0 Å². The van der Waals surface area contributed by atoms with Crippen molar-refractivity contribution in [3.05, 3.63) is 22.7 Å². The van der Waals surface area contributed by atoms with Gasteiger partial charge < -0.3 is 15.4 Å². The third kappa shape index (κ3) is 3.09. The Balaban J connectivity index is 2.08. The molecule has 4 heteroatoms. The van der Waals surface area contributed by atoms with Gasteiger partial charge in [0.1, 0.15) is 0 Å². The molecule has 3 nitrogen and oxygen atoms in total. The lowest BCUT2D eigenvalue weighted by Crippen LogP contribution is -2.33. The Labute approximate surface area is 114 Å². The van der Waals surface area contributed by atoms with Crippen LogP contribution in [0.3, 0.4) is 0 Å². The van der Waals surface area contributed by atoms with Crippen LogP contribution in [0.15, 0.2) is 12.1 Å². The highest BCUT2D eigenvalue weighted by molar-refractivity contribution is 6.33. The molecule has 1 fully saturated rings. The molecule has 1 heterocycles. The van der Waals surface area contributed by atoms with Crippen LogP contribution in [0.25, 0.3) is 0 Å². The van der Waals surface area contributed by atoms with Gasteiger partial charge in [-0.25, -0.2) is 0 Å². The minimum absolute atomic E-state index is 0.333. The second-order valence-electron chi connectivity index (χ2n) is 5.03. The average Bonchev–Trinajstić information content (AvgIpc) is 2.35. The van der Waals surface area contributed by atoms with Crippen LogP contribution in [0.1, 0.15) is 24.8 Å². The fourth-order valence-electron chi connectivity index (χ4n) is 2.46. The molecule has 0 radical (unpaired) electrons. The van der Waals surface area contributed by atoms with Crippen LogP contribution in [-0.2, 0) is 4.74 Å². The van der Waals surface area contributed by atoms with Crippen molar-refractivity contribution in [3.8, 4) is 0 Å². The van der Waals surface area contributed by atoms with Crippen LogP contribution in [0, 0.1) is 6.92 Å². The van der Waals surface area contributed by atoms with Crippen molar-refractivity contribution in [1.29, 1.82) is 0 Å². The van der Waals surface area contributed by atoms with Gasteiger partial charge in [0.2, 0.25) is 0 Å². The van der Waals surface area contributed by atoms with Crippen LogP contribution >= 0.6 is 11.6 Å². The molecule has 0 amide bonds. The number of halogens is 1. The number of nitrogen functional groups attached to an aromatic ring is 1. The van der Waals surface area contributed by atoms with E-state index in [4.69, 9.17) is 22.1 Å². The Morgan fingerprint density at radius 3 is 2.89 bits per heavy atom. The lowest BCUT2D eigenvalue weighted by molar-refractivity contribution is 0.0216. The minimum atomic E-state index is 0.333. The predicted octanol–water partition coefficient (Wildman–Crippen LogP) is 3.24. The predicted molar refractivity (Wildman–Crippen MR) is 77.5 cm³/mol. The van der Waals surface area contributed by atoms with Gasteiger partial charge in [-0.1, -0.05) is 11.6 Å². The first-order valence-corrected chi connectivity index (χ1v) is 6.84. The Kier molecular flexibility index (Phi) is 4.36. The summed E-state index contributed by atoms with van der Waals surface area (Å²) in [4.78, 5) is 2.20. The maximum absolute atomic E-state index is 6.09. The van der Waals surface area contributed by atoms with Crippen molar-refractivity contribution in [2.24, 2.45) is 0 Å². The second-order valence-corrected chi connectivity index (χ2v) is 5.44. The molecule has 1 unspecified atom stereocenters. The number of ether oxygens (including phenoxy) is 1. The summed E-state index contributed by atoms with van der Waals surface area (Å²) in [5.41, 5.74) is 8.71. The van der Waals surface area contributed by atoms with Crippen LogP contribution in [0.5, 0.6) is 0 Å². The Hall–Kier alpha value is -0.930. The van der Waals surface area contributed by atoms with Gasteiger partial charge in [-0.05, 0) is 43.9 Å². The zero-order valence-corrected chi connectivity index (χ0v) is 11.8. The summed E-state index contributed by atoms with van der Waals surface area (Å²) in [6.07, 6.45) is 3.93. The summed E-state index contributed by atoms with van der Waals surface area (Å²) in [6.45, 7) is 3.85. The molecule has 1 aromatic carbocycles. The van der Waals surface area contributed by atoms with E-state index in [0.29, 0.717) is 16.8 Å². The summed E-state index contributed by atoms with van der Waals surface area (Å²) in [5.74, 6) is 0. The first-order chi connectivity index (χ1) is 8.58. The van der Waals surface area contributed by atoms with Gasteiger partial charge >= 0.3 is 0 Å². The first-order valence-electron chi connectivity index (χ1n) is 6.46. The van der Waals surface area contributed by atoms with Gasteiger partial charge in [0.15, 0.2) is 0 Å². The summed E-state index contributed by atoms with van der Waals surface area (Å²) < 4.78 is 5.76. The molecule has 0 aromatic heterocycles. The molecule has 0 spiro atoms. The maximum atomic E-state index is 6.09. The maximum Gasteiger partial charge on any atom is 0.0749 e. The van der Waals surface area contributed by atoms with Crippen molar-refractivity contribution in [2.75, 3.05) is 30.8 Å². The SMILES string of the molecule is Cc1cc(N)c(Cl)cc1N(C)CC1CCCCO1. The number of aryl methyl sites for hydroxylation is 1. The number of hydrogen-bond donors (Lipinski definition) is 1. The van der Waals surface area contributed by atoms with E-state index in [-0.39, 0.29) is 0 Å². The molecule has 100 valence electrons. The molecular formula is C14H21ClN2O. The van der Waals surface area contributed by atoms with Gasteiger partial charge in [0.25, 0.3) is 0 Å². The van der Waals surface area contributed by atoms with Crippen molar-refractivity contribution >= 4 is 23.0 Å². The Bertz CT molecular complexity index is 417. The van der Waals surface area contributed by atoms with E-state index in [1.807, 2.05) is 12.1 Å². The van der Waals surface area contributed by atoms with Crippen LogP contribution < -0.4 is 10.6 Å². The molecule has 0 saturated carbocycles. The normalized spacial score (nSPS) is 19.8. The van der Waals surface area contributed by atoms with E-state index in [1.54, 1.807) is 0 Å². The zero-order chi connectivity index (χ0) is 13.1. The third-order valence-corrected chi connectivity index (χ3v) is 3.81. The lowest BCUT2D eigenvalue weighted by atomic mass is 10.1. The lowest BCUT2D eigenvalue weighted by Gasteiger charge is -2.29. The highest BCUT2D eigenvalue weighted by Crippen LogP contribution is 2.29. The first kappa shape index (κ1) is 13.5. The summed E-state index contributed by atoms with van der Waals surface area (Å²) in [5, 5.41) is 0.618. The number of nitrogens with zero attached hydrogens (tertiary/aromatic N) is 1. The molecule has 0 aliphatic carbocycles. The van der Waals surface area contributed by atoms with Crippen molar-refractivity contribution < 1.29 is 4.74 Å². The molecule has 0 bridgehead atoms. The number of nitrogens with two attached hydrogens (primary N) is 1. The highest BCUT2D eigenvalue weighted by Gasteiger charge is 2.17. The second kappa shape index (κ2) is 5.81. The molecule has 1 aliphatic heterocycles. The monoisotopic (exact) mass is 268 g/mol. The summed E-state index contributed by atoms with van der Waals surface area (Å²) >= 11 is 6.09. The largest absolute Gasteiger partial charge is 0.398 e. The number of hydrogen-bond acceptors (Lipinski definition) is 3. The van der Waals surface area contributed by atoms with Crippen LogP contribution in [0.4, 0.5) is 11.4 Å². The number of rotatable bonds is 3. The minimum Gasteiger partial charge on any atom is -0.398 e.